The molecule has 0 aromatic carbocycles. The van der Waals surface area contributed by atoms with Crippen LogP contribution in [-0.4, -0.2) is 66.0 Å². The number of amides is 1. The molecule has 0 atom stereocenters. The summed E-state index contributed by atoms with van der Waals surface area (Å²) >= 11 is 0. The third-order valence-electron chi connectivity index (χ3n) is 5.68. The highest BCUT2D eigenvalue weighted by Gasteiger charge is 2.25. The van der Waals surface area contributed by atoms with Crippen LogP contribution in [0, 0.1) is 0 Å². The summed E-state index contributed by atoms with van der Waals surface area (Å²) in [5.41, 5.74) is 1.03. The van der Waals surface area contributed by atoms with Gasteiger partial charge in [0.15, 0.2) is 11.7 Å². The second kappa shape index (κ2) is 11.4. The molecular weight excluding hydrogens is 509 g/mol. The predicted octanol–water partition coefficient (Wildman–Crippen LogP) is 3.15. The van der Waals surface area contributed by atoms with Crippen molar-refractivity contribution in [2.45, 2.75) is 38.3 Å². The van der Waals surface area contributed by atoms with Crippen LogP contribution < -0.4 is 10.1 Å². The van der Waals surface area contributed by atoms with Crippen LogP contribution in [0.2, 0.25) is 0 Å². The van der Waals surface area contributed by atoms with Gasteiger partial charge >= 0.3 is 0 Å². The molecule has 1 aliphatic heterocycles. The third kappa shape index (κ3) is 5.90. The van der Waals surface area contributed by atoms with E-state index in [1.807, 2.05) is 17.0 Å². The second-order valence-corrected chi connectivity index (χ2v) is 7.65. The second-order valence-electron chi connectivity index (χ2n) is 7.65. The molecule has 1 saturated heterocycles. The molecule has 1 N–H and O–H groups in total. The molecule has 0 radical (unpaired) electrons. The largest absolute Gasteiger partial charge is 0.474 e. The van der Waals surface area contributed by atoms with Crippen LogP contribution in [-0.2, 0) is 6.54 Å². The smallest absolute Gasteiger partial charge is 0.289 e. The normalized spacial score (nSPS) is 17.4. The van der Waals surface area contributed by atoms with E-state index in [9.17, 15) is 4.79 Å². The van der Waals surface area contributed by atoms with Crippen molar-refractivity contribution >= 4 is 35.8 Å². The number of rotatable bonds is 5. The highest BCUT2D eigenvalue weighted by Crippen LogP contribution is 2.25. The number of hydrogen-bond donors (Lipinski definition) is 1. The Morgan fingerprint density at radius 2 is 1.94 bits per heavy atom. The monoisotopic (exact) mass is 539 g/mol. The van der Waals surface area contributed by atoms with E-state index < -0.39 is 0 Å². The van der Waals surface area contributed by atoms with E-state index in [0.717, 1.165) is 24.4 Å². The summed E-state index contributed by atoms with van der Waals surface area (Å²) in [7, 11) is 1.78. The minimum atomic E-state index is -0.0633. The standard InChI is InChI=1S/C22H29N5O3.HI/c1-23-22(27-13-11-26(12-14-27)21(28)19-9-5-15-29-19)25-16-17-6-4-10-24-20(17)30-18-7-2-3-8-18;/h4-6,9-10,15,18H,2-3,7-8,11-14,16H2,1H3,(H,23,25);1H. The van der Waals surface area contributed by atoms with Gasteiger partial charge in [-0.3, -0.25) is 9.79 Å². The van der Waals surface area contributed by atoms with Crippen LogP contribution in [0.4, 0.5) is 0 Å². The molecule has 1 aliphatic carbocycles. The average Bonchev–Trinajstić information content (AvgIpc) is 3.50. The lowest BCUT2D eigenvalue weighted by molar-refractivity contribution is 0.0657. The SMILES string of the molecule is CN=C(NCc1cccnc1OC1CCCC1)N1CCN(C(=O)c2ccco2)CC1.I. The first-order chi connectivity index (χ1) is 14.7. The van der Waals surface area contributed by atoms with Crippen molar-refractivity contribution in [2.75, 3.05) is 33.2 Å². The first-order valence-corrected chi connectivity index (χ1v) is 10.6. The van der Waals surface area contributed by atoms with Crippen molar-refractivity contribution in [2.24, 2.45) is 4.99 Å². The summed E-state index contributed by atoms with van der Waals surface area (Å²) in [5.74, 6) is 1.85. The molecule has 31 heavy (non-hydrogen) atoms. The number of furan rings is 1. The van der Waals surface area contributed by atoms with Gasteiger partial charge in [-0.15, -0.1) is 24.0 Å². The zero-order valence-corrected chi connectivity index (χ0v) is 20.2. The topological polar surface area (TPSA) is 83.2 Å². The van der Waals surface area contributed by atoms with Crippen molar-refractivity contribution in [3.05, 3.63) is 48.0 Å². The number of halogens is 1. The fourth-order valence-electron chi connectivity index (χ4n) is 4.01. The summed E-state index contributed by atoms with van der Waals surface area (Å²) in [5, 5.41) is 3.43. The number of guanidine groups is 1. The highest BCUT2D eigenvalue weighted by molar-refractivity contribution is 14.0. The van der Waals surface area contributed by atoms with Crippen LogP contribution >= 0.6 is 24.0 Å². The van der Waals surface area contributed by atoms with Gasteiger partial charge in [0.25, 0.3) is 5.91 Å². The first kappa shape index (κ1) is 23.4. The number of carbonyl (C=O) groups excluding carboxylic acids is 1. The lowest BCUT2D eigenvalue weighted by atomic mass is 10.2. The quantitative estimate of drug-likeness (QED) is 0.357. The third-order valence-corrected chi connectivity index (χ3v) is 5.68. The number of pyridine rings is 1. The van der Waals surface area contributed by atoms with Gasteiger partial charge in [0.1, 0.15) is 6.10 Å². The number of aromatic nitrogens is 1. The maximum absolute atomic E-state index is 12.4. The zero-order chi connectivity index (χ0) is 20.8. The lowest BCUT2D eigenvalue weighted by Crippen LogP contribution is -2.53. The van der Waals surface area contributed by atoms with E-state index in [0.29, 0.717) is 44.4 Å². The van der Waals surface area contributed by atoms with Gasteiger partial charge in [-0.1, -0.05) is 6.07 Å². The van der Waals surface area contributed by atoms with Crippen LogP contribution in [0.25, 0.3) is 0 Å². The van der Waals surface area contributed by atoms with Gasteiger partial charge < -0.3 is 24.3 Å². The molecule has 168 valence electrons. The number of hydrogen-bond acceptors (Lipinski definition) is 5. The number of nitrogens with zero attached hydrogens (tertiary/aromatic N) is 4. The van der Waals surface area contributed by atoms with E-state index in [2.05, 4.69) is 20.2 Å². The number of carbonyl (C=O) groups is 1. The lowest BCUT2D eigenvalue weighted by Gasteiger charge is -2.36. The van der Waals surface area contributed by atoms with Gasteiger partial charge in [0.2, 0.25) is 5.88 Å². The summed E-state index contributed by atoms with van der Waals surface area (Å²) in [6, 6.07) is 7.41. The maximum Gasteiger partial charge on any atom is 0.289 e. The van der Waals surface area contributed by atoms with E-state index in [1.54, 1.807) is 25.4 Å². The van der Waals surface area contributed by atoms with Gasteiger partial charge in [-0.05, 0) is 43.9 Å². The van der Waals surface area contributed by atoms with E-state index in [1.165, 1.54) is 19.1 Å². The van der Waals surface area contributed by atoms with Crippen molar-refractivity contribution < 1.29 is 13.9 Å². The van der Waals surface area contributed by atoms with E-state index in [4.69, 9.17) is 9.15 Å². The molecule has 1 saturated carbocycles. The first-order valence-electron chi connectivity index (χ1n) is 10.6. The highest BCUT2D eigenvalue weighted by atomic mass is 127. The van der Waals surface area contributed by atoms with Crippen molar-refractivity contribution in [3.63, 3.8) is 0 Å². The Hall–Kier alpha value is -2.30. The Kier molecular flexibility index (Phi) is 8.56. The zero-order valence-electron chi connectivity index (χ0n) is 17.8. The summed E-state index contributed by atoms with van der Waals surface area (Å²) in [6.07, 6.45) is 8.24. The summed E-state index contributed by atoms with van der Waals surface area (Å²) in [6.45, 7) is 3.27. The Morgan fingerprint density at radius 3 is 2.61 bits per heavy atom. The van der Waals surface area contributed by atoms with Crippen molar-refractivity contribution in [1.29, 1.82) is 0 Å². The molecule has 9 heteroatoms. The predicted molar refractivity (Wildman–Crippen MR) is 129 cm³/mol. The molecule has 0 bridgehead atoms. The Bertz CT molecular complexity index is 860. The Labute approximate surface area is 200 Å². The van der Waals surface area contributed by atoms with Gasteiger partial charge in [0, 0.05) is 51.5 Å². The average molecular weight is 539 g/mol. The Balaban J connectivity index is 0.00000272. The molecule has 2 aromatic rings. The van der Waals surface area contributed by atoms with Gasteiger partial charge in [-0.2, -0.15) is 0 Å². The number of piperazine rings is 1. The number of nitrogens with one attached hydrogen (secondary N) is 1. The number of aliphatic imine (C=N–C) groups is 1. The van der Waals surface area contributed by atoms with Crippen molar-refractivity contribution in [3.8, 4) is 5.88 Å². The van der Waals surface area contributed by atoms with Crippen LogP contribution in [0.5, 0.6) is 5.88 Å². The van der Waals surface area contributed by atoms with Crippen LogP contribution in [0.3, 0.4) is 0 Å². The number of ether oxygens (including phenoxy) is 1. The molecule has 1 amide bonds. The fourth-order valence-corrected chi connectivity index (χ4v) is 4.01. The Morgan fingerprint density at radius 1 is 1.19 bits per heavy atom. The molecular formula is C22H30IN5O3. The van der Waals surface area contributed by atoms with Crippen LogP contribution in [0.1, 0.15) is 41.8 Å². The fraction of sp³-hybridized carbons (Fsp3) is 0.500. The molecule has 3 heterocycles. The van der Waals surface area contributed by atoms with Gasteiger partial charge in [0.05, 0.1) is 6.26 Å². The molecule has 2 aliphatic rings. The van der Waals surface area contributed by atoms with Crippen LogP contribution in [0.15, 0.2) is 46.1 Å². The van der Waals surface area contributed by atoms with E-state index in [-0.39, 0.29) is 36.0 Å². The molecule has 4 rings (SSSR count). The summed E-state index contributed by atoms with van der Waals surface area (Å²) < 4.78 is 11.4. The summed E-state index contributed by atoms with van der Waals surface area (Å²) in [4.78, 5) is 25.3. The molecule has 8 nitrogen and oxygen atoms in total. The molecule has 2 fully saturated rings. The van der Waals surface area contributed by atoms with E-state index >= 15 is 0 Å². The van der Waals surface area contributed by atoms with Crippen molar-refractivity contribution in [1.82, 2.24) is 20.1 Å². The molecule has 0 unspecified atom stereocenters. The minimum absolute atomic E-state index is 0. The minimum Gasteiger partial charge on any atom is -0.474 e. The molecule has 0 spiro atoms. The van der Waals surface area contributed by atoms with Gasteiger partial charge in [-0.25, -0.2) is 4.98 Å². The maximum atomic E-state index is 12.4. The molecule has 2 aromatic heterocycles.